The molecule has 0 radical (unpaired) electrons. The van der Waals surface area contributed by atoms with Gasteiger partial charge in [-0.2, -0.15) is 5.10 Å². The molecule has 0 bridgehead atoms. The van der Waals surface area contributed by atoms with E-state index in [1.54, 1.807) is 0 Å². The largest absolute Gasteiger partial charge is 0.369 e. The van der Waals surface area contributed by atoms with Crippen LogP contribution in [0, 0.1) is 0 Å². The summed E-state index contributed by atoms with van der Waals surface area (Å²) in [6, 6.07) is 0.399. The molecule has 1 atom stereocenters. The zero-order chi connectivity index (χ0) is 17.2. The average Bonchev–Trinajstić information content (AvgIpc) is 3.37. The lowest BCUT2D eigenvalue weighted by atomic mass is 10.1. The summed E-state index contributed by atoms with van der Waals surface area (Å²) in [5, 5.41) is 8.89. The van der Waals surface area contributed by atoms with Crippen LogP contribution < -0.4 is 5.32 Å². The van der Waals surface area contributed by atoms with Crippen molar-refractivity contribution in [2.75, 3.05) is 11.9 Å². The summed E-state index contributed by atoms with van der Waals surface area (Å²) < 4.78 is 3.97. The van der Waals surface area contributed by atoms with Crippen molar-refractivity contribution in [2.45, 2.75) is 51.0 Å². The van der Waals surface area contributed by atoms with E-state index < -0.39 is 0 Å². The van der Waals surface area contributed by atoms with Crippen molar-refractivity contribution in [2.24, 2.45) is 7.05 Å². The van der Waals surface area contributed by atoms with Gasteiger partial charge in [-0.25, -0.2) is 15.0 Å². The van der Waals surface area contributed by atoms with Crippen molar-refractivity contribution in [3.63, 3.8) is 0 Å². The summed E-state index contributed by atoms with van der Waals surface area (Å²) in [7, 11) is 1.94. The average molecular weight is 339 g/mol. The summed E-state index contributed by atoms with van der Waals surface area (Å²) in [6.07, 6.45) is 13.5. The van der Waals surface area contributed by atoms with E-state index in [1.165, 1.54) is 25.7 Å². The molecule has 0 amide bonds. The fourth-order valence-corrected chi connectivity index (χ4v) is 3.62. The van der Waals surface area contributed by atoms with E-state index in [2.05, 4.69) is 26.9 Å². The molecule has 7 heteroatoms. The molecule has 0 saturated heterocycles. The number of imidazole rings is 1. The lowest BCUT2D eigenvalue weighted by Crippen LogP contribution is -2.12. The highest BCUT2D eigenvalue weighted by molar-refractivity contribution is 5.86. The maximum Gasteiger partial charge on any atom is 0.163 e. The second kappa shape index (κ2) is 6.82. The number of aryl methyl sites for hydroxylation is 1. The van der Waals surface area contributed by atoms with E-state index >= 15 is 0 Å². The Labute approximate surface area is 147 Å². The monoisotopic (exact) mass is 339 g/mol. The molecule has 0 aliphatic heterocycles. The maximum atomic E-state index is 4.86. The molecule has 132 valence electrons. The Morgan fingerprint density at radius 3 is 2.88 bits per heavy atom. The first-order valence-corrected chi connectivity index (χ1v) is 9.13. The maximum absolute atomic E-state index is 4.86. The van der Waals surface area contributed by atoms with Crippen LogP contribution in [0.3, 0.4) is 0 Å². The summed E-state index contributed by atoms with van der Waals surface area (Å²) in [4.78, 5) is 13.8. The number of nitrogens with one attached hydrogen (secondary N) is 1. The van der Waals surface area contributed by atoms with E-state index in [1.807, 2.05) is 36.6 Å². The van der Waals surface area contributed by atoms with Gasteiger partial charge in [0.15, 0.2) is 5.65 Å². The smallest absolute Gasteiger partial charge is 0.163 e. The number of rotatable bonds is 6. The summed E-state index contributed by atoms with van der Waals surface area (Å²) in [6.45, 7) is 3.05. The Morgan fingerprint density at radius 2 is 2.12 bits per heavy atom. The fourth-order valence-electron chi connectivity index (χ4n) is 3.62. The second-order valence-electron chi connectivity index (χ2n) is 6.99. The third-order valence-corrected chi connectivity index (χ3v) is 5.22. The zero-order valence-corrected chi connectivity index (χ0v) is 14.9. The van der Waals surface area contributed by atoms with Gasteiger partial charge >= 0.3 is 0 Å². The van der Waals surface area contributed by atoms with E-state index in [0.29, 0.717) is 12.0 Å². The van der Waals surface area contributed by atoms with Crippen molar-refractivity contribution in [1.82, 2.24) is 29.3 Å². The van der Waals surface area contributed by atoms with Crippen molar-refractivity contribution in [3.05, 3.63) is 30.7 Å². The summed E-state index contributed by atoms with van der Waals surface area (Å²) in [5.41, 5.74) is 0.919. The van der Waals surface area contributed by atoms with Crippen LogP contribution in [0.4, 0.5) is 5.82 Å². The molecule has 7 nitrogen and oxygen atoms in total. The molecule has 3 aromatic rings. The van der Waals surface area contributed by atoms with Crippen LogP contribution in [0.25, 0.3) is 11.0 Å². The molecule has 1 N–H and O–H groups in total. The minimum atomic E-state index is 0.399. The molecule has 3 heterocycles. The van der Waals surface area contributed by atoms with E-state index in [4.69, 9.17) is 9.97 Å². The minimum absolute atomic E-state index is 0.399. The molecule has 4 rings (SSSR count). The van der Waals surface area contributed by atoms with Crippen LogP contribution in [0.15, 0.2) is 24.9 Å². The first-order valence-electron chi connectivity index (χ1n) is 9.13. The van der Waals surface area contributed by atoms with Crippen LogP contribution in [-0.2, 0) is 7.05 Å². The van der Waals surface area contributed by atoms with E-state index in [-0.39, 0.29) is 0 Å². The van der Waals surface area contributed by atoms with E-state index in [0.717, 1.165) is 35.6 Å². The lowest BCUT2D eigenvalue weighted by Gasteiger charge is -2.15. The first kappa shape index (κ1) is 16.1. The molecule has 0 unspecified atom stereocenters. The molecule has 1 aliphatic carbocycles. The van der Waals surface area contributed by atoms with Crippen LogP contribution in [0.1, 0.15) is 56.8 Å². The molecular formula is C18H25N7. The molecule has 0 aromatic carbocycles. The quantitative estimate of drug-likeness (QED) is 0.746. The highest BCUT2D eigenvalue weighted by atomic mass is 15.3. The number of aromatic nitrogens is 6. The van der Waals surface area contributed by atoms with Crippen molar-refractivity contribution >= 4 is 16.9 Å². The summed E-state index contributed by atoms with van der Waals surface area (Å²) >= 11 is 0. The van der Waals surface area contributed by atoms with Gasteiger partial charge in [0.1, 0.15) is 11.6 Å². The van der Waals surface area contributed by atoms with Gasteiger partial charge < -0.3 is 9.88 Å². The molecular weight excluding hydrogens is 314 g/mol. The summed E-state index contributed by atoms with van der Waals surface area (Å²) in [5.74, 6) is 2.38. The van der Waals surface area contributed by atoms with Gasteiger partial charge in [0.05, 0.1) is 17.9 Å². The second-order valence-corrected chi connectivity index (χ2v) is 6.99. The van der Waals surface area contributed by atoms with Gasteiger partial charge in [-0.3, -0.25) is 4.68 Å². The molecule has 3 aromatic heterocycles. The minimum Gasteiger partial charge on any atom is -0.369 e. The Hall–Kier alpha value is -2.44. The van der Waals surface area contributed by atoms with E-state index in [9.17, 15) is 0 Å². The van der Waals surface area contributed by atoms with Crippen molar-refractivity contribution in [1.29, 1.82) is 0 Å². The standard InChI is InChI=1S/C18H25N7/c1-13(25-10-9-19-12-25)7-8-20-17-15-11-21-24(2)18(15)23-16(22-17)14-5-3-4-6-14/h9-14H,3-8H2,1-2H3,(H,20,22,23)/t13-/m0/s1. The van der Waals surface area contributed by atoms with Gasteiger partial charge in [-0.05, 0) is 26.2 Å². The molecule has 1 saturated carbocycles. The van der Waals surface area contributed by atoms with Gasteiger partial charge in [0.2, 0.25) is 0 Å². The highest BCUT2D eigenvalue weighted by Gasteiger charge is 2.22. The van der Waals surface area contributed by atoms with Gasteiger partial charge in [0.25, 0.3) is 0 Å². The Kier molecular flexibility index (Phi) is 4.38. The SMILES string of the molecule is C[C@@H](CCNc1nc(C2CCCC2)nc2c1cnn2C)n1ccnc1. The Morgan fingerprint density at radius 1 is 1.28 bits per heavy atom. The van der Waals surface area contributed by atoms with Gasteiger partial charge in [-0.15, -0.1) is 0 Å². The van der Waals surface area contributed by atoms with Crippen molar-refractivity contribution < 1.29 is 0 Å². The lowest BCUT2D eigenvalue weighted by molar-refractivity contribution is 0.519. The molecule has 25 heavy (non-hydrogen) atoms. The zero-order valence-electron chi connectivity index (χ0n) is 14.9. The number of fused-ring (bicyclic) bond motifs is 1. The topological polar surface area (TPSA) is 73.5 Å². The van der Waals surface area contributed by atoms with Crippen LogP contribution in [-0.4, -0.2) is 35.8 Å². The fraction of sp³-hybridized carbons (Fsp3) is 0.556. The Bertz CT molecular complexity index is 831. The predicted molar refractivity (Wildman–Crippen MR) is 97.6 cm³/mol. The van der Waals surface area contributed by atoms with Crippen molar-refractivity contribution in [3.8, 4) is 0 Å². The predicted octanol–water partition coefficient (Wildman–Crippen LogP) is 3.28. The Balaban J connectivity index is 1.53. The normalized spacial score (nSPS) is 16.6. The molecule has 1 aliphatic rings. The van der Waals surface area contributed by atoms with Crippen LogP contribution >= 0.6 is 0 Å². The number of hydrogen-bond acceptors (Lipinski definition) is 5. The number of nitrogens with zero attached hydrogens (tertiary/aromatic N) is 6. The third kappa shape index (κ3) is 3.23. The molecule has 0 spiro atoms. The number of anilines is 1. The highest BCUT2D eigenvalue weighted by Crippen LogP contribution is 2.34. The molecule has 1 fully saturated rings. The van der Waals surface area contributed by atoms with Crippen LogP contribution in [0.2, 0.25) is 0 Å². The van der Waals surface area contributed by atoms with Crippen LogP contribution in [0.5, 0.6) is 0 Å². The third-order valence-electron chi connectivity index (χ3n) is 5.22. The van der Waals surface area contributed by atoms with Gasteiger partial charge in [0, 0.05) is 37.9 Å². The van der Waals surface area contributed by atoms with Gasteiger partial charge in [-0.1, -0.05) is 12.8 Å². The number of hydrogen-bond donors (Lipinski definition) is 1. The first-order chi connectivity index (χ1) is 12.2.